The molecule has 0 unspecified atom stereocenters. The van der Waals surface area contributed by atoms with E-state index in [1.54, 1.807) is 11.9 Å². The minimum absolute atomic E-state index is 0.0195. The summed E-state index contributed by atoms with van der Waals surface area (Å²) in [6.07, 6.45) is 2.51. The van der Waals surface area contributed by atoms with Crippen molar-refractivity contribution < 1.29 is 14.0 Å². The molecule has 1 aliphatic rings. The Balaban J connectivity index is 2.07. The molecule has 1 fully saturated rings. The SMILES string of the molecule is CN1CC(=O)N(CCCCCF)[C@H](Cc2ccccc2)C1=O. The molecule has 0 aromatic heterocycles. The lowest BCUT2D eigenvalue weighted by molar-refractivity contribution is -0.154. The first-order valence-electron chi connectivity index (χ1n) is 7.78. The maximum absolute atomic E-state index is 12.4. The predicted molar refractivity (Wildman–Crippen MR) is 83.1 cm³/mol. The fourth-order valence-electron chi connectivity index (χ4n) is 2.80. The predicted octanol–water partition coefficient (Wildman–Crippen LogP) is 2.04. The first-order chi connectivity index (χ1) is 10.6. The number of unbranched alkanes of at least 4 members (excludes halogenated alkanes) is 2. The van der Waals surface area contributed by atoms with E-state index >= 15 is 0 Å². The van der Waals surface area contributed by atoms with E-state index in [2.05, 4.69) is 0 Å². The van der Waals surface area contributed by atoms with Gasteiger partial charge in [0.25, 0.3) is 0 Å². The maximum atomic E-state index is 12.4. The lowest BCUT2D eigenvalue weighted by Gasteiger charge is -2.39. The van der Waals surface area contributed by atoms with Gasteiger partial charge in [-0.15, -0.1) is 0 Å². The summed E-state index contributed by atoms with van der Waals surface area (Å²) in [5, 5.41) is 0. The van der Waals surface area contributed by atoms with Crippen LogP contribution in [-0.4, -0.2) is 54.5 Å². The molecule has 1 heterocycles. The van der Waals surface area contributed by atoms with Crippen molar-refractivity contribution in [2.45, 2.75) is 31.7 Å². The Morgan fingerprint density at radius 1 is 1.14 bits per heavy atom. The molecule has 2 rings (SSSR count). The average molecular weight is 306 g/mol. The highest BCUT2D eigenvalue weighted by molar-refractivity contribution is 5.94. The van der Waals surface area contributed by atoms with Gasteiger partial charge in [-0.1, -0.05) is 30.3 Å². The first kappa shape index (κ1) is 16.5. The van der Waals surface area contributed by atoms with Crippen molar-refractivity contribution in [1.29, 1.82) is 0 Å². The van der Waals surface area contributed by atoms with E-state index in [0.29, 0.717) is 19.4 Å². The molecule has 5 heteroatoms. The second-order valence-corrected chi connectivity index (χ2v) is 5.74. The Labute approximate surface area is 130 Å². The third kappa shape index (κ3) is 4.06. The van der Waals surface area contributed by atoms with Crippen LogP contribution in [0.5, 0.6) is 0 Å². The maximum Gasteiger partial charge on any atom is 0.245 e. The van der Waals surface area contributed by atoms with Crippen LogP contribution in [0.1, 0.15) is 24.8 Å². The molecule has 120 valence electrons. The van der Waals surface area contributed by atoms with Crippen LogP contribution in [0, 0.1) is 0 Å². The molecule has 1 aromatic carbocycles. The number of piperazine rings is 1. The Bertz CT molecular complexity index is 507. The van der Waals surface area contributed by atoms with Crippen molar-refractivity contribution in [3.8, 4) is 0 Å². The molecule has 0 N–H and O–H groups in total. The Kier molecular flexibility index (Phi) is 5.92. The number of hydrogen-bond acceptors (Lipinski definition) is 2. The van der Waals surface area contributed by atoms with Crippen LogP contribution in [0.4, 0.5) is 4.39 Å². The summed E-state index contributed by atoms with van der Waals surface area (Å²) in [4.78, 5) is 27.9. The molecular formula is C17H23FN2O2. The highest BCUT2D eigenvalue weighted by Gasteiger charge is 2.37. The standard InChI is InChI=1S/C17H23FN2O2/c1-19-13-16(21)20(11-7-3-6-10-18)15(17(19)22)12-14-8-4-2-5-9-14/h2,4-5,8-9,15H,3,6-7,10-13H2,1H3/t15-/m1/s1. The summed E-state index contributed by atoms with van der Waals surface area (Å²) < 4.78 is 12.2. The van der Waals surface area contributed by atoms with Gasteiger partial charge in [0.2, 0.25) is 11.8 Å². The van der Waals surface area contributed by atoms with Crippen molar-refractivity contribution in [3.05, 3.63) is 35.9 Å². The molecular weight excluding hydrogens is 283 g/mol. The molecule has 2 amide bonds. The molecule has 1 atom stereocenters. The summed E-state index contributed by atoms with van der Waals surface area (Å²) in [6.45, 7) is 0.326. The van der Waals surface area contributed by atoms with Crippen molar-refractivity contribution in [2.24, 2.45) is 0 Å². The van der Waals surface area contributed by atoms with E-state index in [9.17, 15) is 14.0 Å². The molecule has 1 aromatic rings. The smallest absolute Gasteiger partial charge is 0.245 e. The molecule has 22 heavy (non-hydrogen) atoms. The van der Waals surface area contributed by atoms with Crippen LogP contribution in [0.2, 0.25) is 0 Å². The number of alkyl halides is 1. The van der Waals surface area contributed by atoms with Crippen LogP contribution in [0.3, 0.4) is 0 Å². The third-order valence-electron chi connectivity index (χ3n) is 4.03. The number of halogens is 1. The van der Waals surface area contributed by atoms with Crippen molar-refractivity contribution >= 4 is 11.8 Å². The molecule has 1 saturated heterocycles. The van der Waals surface area contributed by atoms with Crippen LogP contribution < -0.4 is 0 Å². The zero-order chi connectivity index (χ0) is 15.9. The number of carbonyl (C=O) groups excluding carboxylic acids is 2. The Morgan fingerprint density at radius 3 is 2.55 bits per heavy atom. The van der Waals surface area contributed by atoms with Crippen LogP contribution in [0.25, 0.3) is 0 Å². The van der Waals surface area contributed by atoms with E-state index in [0.717, 1.165) is 18.4 Å². The number of hydrogen-bond donors (Lipinski definition) is 0. The molecule has 1 aliphatic heterocycles. The fourth-order valence-corrected chi connectivity index (χ4v) is 2.80. The van der Waals surface area contributed by atoms with Crippen LogP contribution in [0.15, 0.2) is 30.3 Å². The molecule has 0 bridgehead atoms. The van der Waals surface area contributed by atoms with Gasteiger partial charge in [-0.25, -0.2) is 0 Å². The summed E-state index contributed by atoms with van der Waals surface area (Å²) in [5.41, 5.74) is 1.04. The monoisotopic (exact) mass is 306 g/mol. The quantitative estimate of drug-likeness (QED) is 0.723. The van der Waals surface area contributed by atoms with Gasteiger partial charge in [-0.05, 0) is 24.8 Å². The minimum Gasteiger partial charge on any atom is -0.335 e. The van der Waals surface area contributed by atoms with E-state index in [4.69, 9.17) is 0 Å². The second kappa shape index (κ2) is 7.92. The summed E-state index contributed by atoms with van der Waals surface area (Å²) in [6, 6.07) is 9.28. The van der Waals surface area contributed by atoms with E-state index in [1.165, 1.54) is 4.90 Å². The largest absolute Gasteiger partial charge is 0.335 e. The number of nitrogens with zero attached hydrogens (tertiary/aromatic N) is 2. The van der Waals surface area contributed by atoms with E-state index in [1.807, 2.05) is 30.3 Å². The summed E-state index contributed by atoms with van der Waals surface area (Å²) in [5.74, 6) is -0.0442. The summed E-state index contributed by atoms with van der Waals surface area (Å²) in [7, 11) is 1.67. The molecule has 0 saturated carbocycles. The second-order valence-electron chi connectivity index (χ2n) is 5.74. The molecule has 0 spiro atoms. The first-order valence-corrected chi connectivity index (χ1v) is 7.78. The van der Waals surface area contributed by atoms with Crippen LogP contribution >= 0.6 is 0 Å². The third-order valence-corrected chi connectivity index (χ3v) is 4.03. The van der Waals surface area contributed by atoms with E-state index in [-0.39, 0.29) is 25.0 Å². The summed E-state index contributed by atoms with van der Waals surface area (Å²) >= 11 is 0. The van der Waals surface area contributed by atoms with Gasteiger partial charge >= 0.3 is 0 Å². The van der Waals surface area contributed by atoms with Crippen molar-refractivity contribution in [1.82, 2.24) is 9.80 Å². The van der Waals surface area contributed by atoms with Crippen molar-refractivity contribution in [3.63, 3.8) is 0 Å². The number of carbonyl (C=O) groups is 2. The van der Waals surface area contributed by atoms with Gasteiger partial charge < -0.3 is 9.80 Å². The minimum atomic E-state index is -0.445. The number of amides is 2. The average Bonchev–Trinajstić information content (AvgIpc) is 2.52. The number of likely N-dealkylation sites (N-methyl/N-ethyl adjacent to an activating group) is 1. The lowest BCUT2D eigenvalue weighted by atomic mass is 10.0. The van der Waals surface area contributed by atoms with Gasteiger partial charge in [0.05, 0.1) is 13.2 Å². The normalized spacial score (nSPS) is 18.9. The Hall–Kier alpha value is -1.91. The molecule has 0 radical (unpaired) electrons. The van der Waals surface area contributed by atoms with Crippen LogP contribution in [-0.2, 0) is 16.0 Å². The zero-order valence-corrected chi connectivity index (χ0v) is 13.0. The van der Waals surface area contributed by atoms with Gasteiger partial charge in [-0.3, -0.25) is 14.0 Å². The van der Waals surface area contributed by atoms with Crippen molar-refractivity contribution in [2.75, 3.05) is 26.8 Å². The van der Waals surface area contributed by atoms with Gasteiger partial charge in [0.15, 0.2) is 0 Å². The highest BCUT2D eigenvalue weighted by Crippen LogP contribution is 2.17. The van der Waals surface area contributed by atoms with Gasteiger partial charge in [-0.2, -0.15) is 0 Å². The highest BCUT2D eigenvalue weighted by atomic mass is 19.1. The van der Waals surface area contributed by atoms with E-state index < -0.39 is 6.04 Å². The lowest BCUT2D eigenvalue weighted by Crippen LogP contribution is -2.59. The Morgan fingerprint density at radius 2 is 1.86 bits per heavy atom. The zero-order valence-electron chi connectivity index (χ0n) is 13.0. The molecule has 4 nitrogen and oxygen atoms in total. The fraction of sp³-hybridized carbons (Fsp3) is 0.529. The topological polar surface area (TPSA) is 40.6 Å². The van der Waals surface area contributed by atoms with Gasteiger partial charge in [0.1, 0.15) is 6.04 Å². The number of rotatable bonds is 7. The van der Waals surface area contributed by atoms with Gasteiger partial charge in [0, 0.05) is 20.0 Å². The number of benzene rings is 1. The molecule has 0 aliphatic carbocycles.